The van der Waals surface area contributed by atoms with Crippen LogP contribution in [0.4, 0.5) is 0 Å². The molecule has 16 fully saturated rings. The SMILES string of the molecule is CC(Cc1ccccc1)c1ccc(CP(C23CC4CC(CC(C4)C2)C3)C23CC4CC(CC(C4)C2)C3)c(CP(C23CC4CC(CC(C4)C2)C3)C23CC4CC(CC(C4)C2)C3)c1. The van der Waals surface area contributed by atoms with Gasteiger partial charge in [0, 0.05) is 0 Å². The second kappa shape index (κ2) is 13.7. The molecule has 0 N–H and O–H groups in total. The Hall–Kier alpha value is -0.700. The average Bonchev–Trinajstić information content (AvgIpc) is 3.17. The summed E-state index contributed by atoms with van der Waals surface area (Å²) in [5.41, 5.74) is 7.12. The fourth-order valence-electron chi connectivity index (χ4n) is 21.9. The van der Waals surface area contributed by atoms with Crippen LogP contribution in [0, 0.1) is 71.0 Å². The highest BCUT2D eigenvalue weighted by Gasteiger charge is 2.65. The molecule has 16 aliphatic rings. The van der Waals surface area contributed by atoms with Crippen molar-refractivity contribution < 1.29 is 0 Å². The Bertz CT molecular complexity index is 1710. The molecule has 2 heteroatoms. The van der Waals surface area contributed by atoms with E-state index in [-0.39, 0.29) is 15.8 Å². The van der Waals surface area contributed by atoms with Crippen LogP contribution in [0.2, 0.25) is 0 Å². The average molecular weight is 825 g/mol. The van der Waals surface area contributed by atoms with Gasteiger partial charge in [0.15, 0.2) is 0 Å². The Morgan fingerprint density at radius 2 is 0.712 bits per heavy atom. The van der Waals surface area contributed by atoms with Gasteiger partial charge in [-0.15, -0.1) is 0 Å². The first-order chi connectivity index (χ1) is 28.7. The van der Waals surface area contributed by atoms with Gasteiger partial charge in [0.1, 0.15) is 0 Å². The molecular weight excluding hydrogens is 747 g/mol. The topological polar surface area (TPSA) is 0 Å². The number of hydrogen-bond acceptors (Lipinski definition) is 0. The van der Waals surface area contributed by atoms with Crippen LogP contribution in [0.1, 0.15) is 189 Å². The summed E-state index contributed by atoms with van der Waals surface area (Å²) in [5.74, 6) is 13.6. The third-order valence-electron chi connectivity index (χ3n) is 22.2. The summed E-state index contributed by atoms with van der Waals surface area (Å²) in [5, 5.41) is 2.86. The van der Waals surface area contributed by atoms with E-state index in [9.17, 15) is 0 Å². The first kappa shape index (κ1) is 37.7. The monoisotopic (exact) mass is 825 g/mol. The molecule has 0 aliphatic heterocycles. The van der Waals surface area contributed by atoms with Crippen molar-refractivity contribution in [1.82, 2.24) is 0 Å². The summed E-state index contributed by atoms with van der Waals surface area (Å²) in [6.45, 7) is 2.59. The number of benzene rings is 2. The lowest BCUT2D eigenvalue weighted by molar-refractivity contribution is 0.0180. The third-order valence-corrected chi connectivity index (χ3v) is 30.2. The van der Waals surface area contributed by atoms with Gasteiger partial charge in [0.25, 0.3) is 0 Å². The molecule has 16 saturated carbocycles. The predicted octanol–water partition coefficient (Wildman–Crippen LogP) is 15.9. The molecule has 2 aromatic rings. The summed E-state index contributed by atoms with van der Waals surface area (Å²) < 4.78 is 0. The van der Waals surface area contributed by atoms with Crippen molar-refractivity contribution in [2.45, 2.75) is 206 Å². The molecule has 1 atom stereocenters. The lowest BCUT2D eigenvalue weighted by Crippen LogP contribution is -2.57. The molecule has 1 unspecified atom stereocenters. The van der Waals surface area contributed by atoms with Crippen LogP contribution in [0.25, 0.3) is 0 Å². The molecule has 0 amide bonds. The molecular formula is C57H78P2. The molecule has 0 spiro atoms. The van der Waals surface area contributed by atoms with Gasteiger partial charge in [-0.1, -0.05) is 71.3 Å². The maximum Gasteiger partial charge on any atom is -0.00601 e. The van der Waals surface area contributed by atoms with Crippen molar-refractivity contribution >= 4 is 15.8 Å². The Morgan fingerprint density at radius 3 is 1.03 bits per heavy atom. The molecule has 0 radical (unpaired) electrons. The molecule has 16 aliphatic carbocycles. The van der Waals surface area contributed by atoms with Gasteiger partial charge in [0.05, 0.1) is 0 Å². The Kier molecular flexibility index (Phi) is 8.72. The molecule has 0 saturated heterocycles. The molecule has 59 heavy (non-hydrogen) atoms. The molecule has 0 heterocycles. The summed E-state index contributed by atoms with van der Waals surface area (Å²) in [7, 11) is -0.0909. The maximum atomic E-state index is 2.98. The standard InChI is InChI=1S/C57H78P2/c1-37(9-38-5-3-2-4-6-38)51-7-8-52(35-58(54-23-39-10-40(24-54)12-41(11-39)25-54)55-26-42-13-43(27-55)15-44(14-42)28-55)53(22-51)36-59(56-29-45-16-46(30-56)18-47(17-45)31-56)57-32-48-19-49(33-57)21-50(20-48)34-57/h2-8,22,37,39-50H,9-21,23-36H2,1H3. The molecule has 2 aromatic carbocycles. The molecule has 18 rings (SSSR count). The van der Waals surface area contributed by atoms with E-state index < -0.39 is 0 Å². The van der Waals surface area contributed by atoms with Crippen LogP contribution in [-0.2, 0) is 18.7 Å². The van der Waals surface area contributed by atoms with Crippen molar-refractivity contribution in [2.75, 3.05) is 0 Å². The van der Waals surface area contributed by atoms with Gasteiger partial charge in [-0.25, -0.2) is 0 Å². The van der Waals surface area contributed by atoms with E-state index in [0.29, 0.717) is 16.2 Å². The van der Waals surface area contributed by atoms with E-state index in [0.717, 1.165) is 81.3 Å². The smallest absolute Gasteiger partial charge is 0.00601 e. The fourth-order valence-corrected chi connectivity index (χ4v) is 32.3. The van der Waals surface area contributed by atoms with Gasteiger partial charge >= 0.3 is 0 Å². The van der Waals surface area contributed by atoms with E-state index in [1.807, 2.05) is 11.1 Å². The summed E-state index contributed by atoms with van der Waals surface area (Å²) in [4.78, 5) is 0. The minimum atomic E-state index is -0.0530. The van der Waals surface area contributed by atoms with Crippen molar-refractivity contribution in [3.63, 3.8) is 0 Å². The van der Waals surface area contributed by atoms with Crippen LogP contribution in [0.15, 0.2) is 48.5 Å². The quantitative estimate of drug-likeness (QED) is 0.198. The highest BCUT2D eigenvalue weighted by atomic mass is 31.1. The van der Waals surface area contributed by atoms with E-state index in [2.05, 4.69) is 55.5 Å². The van der Waals surface area contributed by atoms with E-state index in [4.69, 9.17) is 0 Å². The lowest BCUT2D eigenvalue weighted by Gasteiger charge is -2.68. The predicted molar refractivity (Wildman–Crippen MR) is 250 cm³/mol. The Morgan fingerprint density at radius 1 is 0.407 bits per heavy atom. The molecule has 316 valence electrons. The molecule has 0 aromatic heterocycles. The number of hydrogen-bond donors (Lipinski definition) is 0. The van der Waals surface area contributed by atoms with Crippen LogP contribution in [0.3, 0.4) is 0 Å². The third kappa shape index (κ3) is 6.19. The van der Waals surface area contributed by atoms with E-state index >= 15 is 0 Å². The summed E-state index contributed by atoms with van der Waals surface area (Å²) in [6.07, 6.45) is 43.4. The first-order valence-corrected chi connectivity index (χ1v) is 29.5. The van der Waals surface area contributed by atoms with Gasteiger partial charge in [0.2, 0.25) is 0 Å². The van der Waals surface area contributed by atoms with Crippen molar-refractivity contribution in [3.8, 4) is 0 Å². The van der Waals surface area contributed by atoms with Gasteiger partial charge in [-0.05, 0) is 293 Å². The summed E-state index contributed by atoms with van der Waals surface area (Å²) >= 11 is 0. The zero-order chi connectivity index (χ0) is 38.7. The zero-order valence-electron chi connectivity index (χ0n) is 37.1. The first-order valence-electron chi connectivity index (χ1n) is 26.5. The van der Waals surface area contributed by atoms with Gasteiger partial charge in [-0.2, -0.15) is 0 Å². The second-order valence-corrected chi connectivity index (χ2v) is 32.5. The Labute approximate surface area is 362 Å². The van der Waals surface area contributed by atoms with Gasteiger partial charge < -0.3 is 0 Å². The normalized spacial score (nSPS) is 50.5. The second-order valence-electron chi connectivity index (χ2n) is 26.4. The largest absolute Gasteiger partial charge is 0.0894 e. The van der Waals surface area contributed by atoms with Gasteiger partial charge in [-0.3, -0.25) is 0 Å². The van der Waals surface area contributed by atoms with E-state index in [1.165, 1.54) is 24.3 Å². The lowest BCUT2D eigenvalue weighted by atomic mass is 9.55. The van der Waals surface area contributed by atoms with Crippen LogP contribution >= 0.6 is 15.8 Å². The Balaban J connectivity index is 0.897. The maximum absolute atomic E-state index is 2.98. The number of rotatable bonds is 11. The zero-order valence-corrected chi connectivity index (χ0v) is 38.9. The molecule has 0 nitrogen and oxygen atoms in total. The van der Waals surface area contributed by atoms with Crippen molar-refractivity contribution in [3.05, 3.63) is 70.8 Å². The fraction of sp³-hybridized carbons (Fsp3) is 0.789. The van der Waals surface area contributed by atoms with Crippen LogP contribution in [-0.4, -0.2) is 20.6 Å². The minimum absolute atomic E-state index is 0.0379. The summed E-state index contributed by atoms with van der Waals surface area (Å²) in [6, 6.07) is 20.2. The highest BCUT2D eigenvalue weighted by molar-refractivity contribution is 7.60. The van der Waals surface area contributed by atoms with Crippen LogP contribution < -0.4 is 0 Å². The molecule has 16 bridgehead atoms. The van der Waals surface area contributed by atoms with Crippen molar-refractivity contribution in [1.29, 1.82) is 0 Å². The van der Waals surface area contributed by atoms with Crippen LogP contribution in [0.5, 0.6) is 0 Å². The van der Waals surface area contributed by atoms with Crippen molar-refractivity contribution in [2.24, 2.45) is 71.0 Å². The minimum Gasteiger partial charge on any atom is -0.0894 e. The van der Waals surface area contributed by atoms with E-state index in [1.54, 1.807) is 160 Å². The highest BCUT2D eigenvalue weighted by Crippen LogP contribution is 2.82.